The van der Waals surface area contributed by atoms with Gasteiger partial charge in [-0.25, -0.2) is 4.79 Å². The van der Waals surface area contributed by atoms with E-state index in [-0.39, 0.29) is 5.91 Å². The number of hydrogen-bond donors (Lipinski definition) is 1. The Kier molecular flexibility index (Phi) is 5.04. The molecule has 0 spiro atoms. The Morgan fingerprint density at radius 3 is 2.81 bits per heavy atom. The maximum absolute atomic E-state index is 11.7. The average Bonchev–Trinajstić information content (AvgIpc) is 2.77. The van der Waals surface area contributed by atoms with Crippen molar-refractivity contribution in [3.63, 3.8) is 0 Å². The summed E-state index contributed by atoms with van der Waals surface area (Å²) < 4.78 is 9.45. The largest absolute Gasteiger partial charge is 0.453 e. The molecule has 6 heteroatoms. The molecule has 0 aromatic heterocycles. The Balaban J connectivity index is 2.44. The Hall–Kier alpha value is -1.30. The van der Waals surface area contributed by atoms with Crippen LogP contribution in [-0.4, -0.2) is 56.9 Å². The zero-order chi connectivity index (χ0) is 12.0. The molecule has 1 aliphatic heterocycles. The number of methoxy groups -OCH3 is 2. The van der Waals surface area contributed by atoms with E-state index in [1.54, 1.807) is 7.11 Å². The molecular weight excluding hydrogens is 212 g/mol. The van der Waals surface area contributed by atoms with Crippen LogP contribution in [-0.2, 0) is 14.3 Å². The maximum atomic E-state index is 11.7. The minimum absolute atomic E-state index is 0.139. The van der Waals surface area contributed by atoms with Gasteiger partial charge in [0.15, 0.2) is 0 Å². The smallest absolute Gasteiger partial charge is 0.410 e. The van der Waals surface area contributed by atoms with Gasteiger partial charge in [-0.2, -0.15) is 0 Å². The summed E-state index contributed by atoms with van der Waals surface area (Å²) in [6.45, 7) is 1.51. The molecule has 16 heavy (non-hydrogen) atoms. The molecule has 1 atom stereocenters. The molecule has 0 radical (unpaired) electrons. The fourth-order valence-corrected chi connectivity index (χ4v) is 1.77. The van der Waals surface area contributed by atoms with E-state index < -0.39 is 12.1 Å². The van der Waals surface area contributed by atoms with E-state index in [9.17, 15) is 9.59 Å². The lowest BCUT2D eigenvalue weighted by atomic mass is 10.2. The molecule has 1 heterocycles. The number of carbonyl (C=O) groups is 2. The fraction of sp³-hybridized carbons (Fsp3) is 0.800. The summed E-state index contributed by atoms with van der Waals surface area (Å²) in [5.74, 6) is -0.139. The van der Waals surface area contributed by atoms with E-state index in [1.807, 2.05) is 0 Å². The van der Waals surface area contributed by atoms with E-state index in [1.165, 1.54) is 12.0 Å². The third kappa shape index (κ3) is 3.10. The molecule has 1 saturated heterocycles. The Labute approximate surface area is 94.9 Å². The predicted octanol–water partition coefficient (Wildman–Crippen LogP) is -0.0202. The zero-order valence-corrected chi connectivity index (χ0v) is 9.69. The van der Waals surface area contributed by atoms with Crippen molar-refractivity contribution in [2.45, 2.75) is 18.9 Å². The van der Waals surface area contributed by atoms with Crippen LogP contribution in [0.15, 0.2) is 0 Å². The molecule has 1 unspecified atom stereocenters. The van der Waals surface area contributed by atoms with Gasteiger partial charge in [0.05, 0.1) is 13.7 Å². The van der Waals surface area contributed by atoms with E-state index >= 15 is 0 Å². The van der Waals surface area contributed by atoms with Crippen LogP contribution in [0.25, 0.3) is 0 Å². The molecule has 2 amide bonds. The Bertz CT molecular complexity index is 257. The second-order valence-corrected chi connectivity index (χ2v) is 3.61. The van der Waals surface area contributed by atoms with Crippen LogP contribution in [0.5, 0.6) is 0 Å². The van der Waals surface area contributed by atoms with Gasteiger partial charge in [-0.3, -0.25) is 9.69 Å². The van der Waals surface area contributed by atoms with Crippen molar-refractivity contribution < 1.29 is 19.1 Å². The molecule has 0 saturated carbocycles. The van der Waals surface area contributed by atoms with E-state index in [2.05, 4.69) is 10.1 Å². The topological polar surface area (TPSA) is 67.9 Å². The molecule has 6 nitrogen and oxygen atoms in total. The predicted molar refractivity (Wildman–Crippen MR) is 57.0 cm³/mol. The van der Waals surface area contributed by atoms with Gasteiger partial charge in [-0.15, -0.1) is 0 Å². The first kappa shape index (κ1) is 12.8. The quantitative estimate of drug-likeness (QED) is 0.689. The van der Waals surface area contributed by atoms with Crippen molar-refractivity contribution in [3.05, 3.63) is 0 Å². The first-order valence-corrected chi connectivity index (χ1v) is 5.32. The maximum Gasteiger partial charge on any atom is 0.410 e. The second-order valence-electron chi connectivity index (χ2n) is 3.61. The van der Waals surface area contributed by atoms with Crippen molar-refractivity contribution in [2.75, 3.05) is 33.9 Å². The Morgan fingerprint density at radius 1 is 1.44 bits per heavy atom. The summed E-state index contributed by atoms with van der Waals surface area (Å²) in [6.07, 6.45) is 1.08. The SMILES string of the molecule is COCCNC(=O)C1CCCN1C(=O)OC. The van der Waals surface area contributed by atoms with Crippen LogP contribution in [0.3, 0.4) is 0 Å². The summed E-state index contributed by atoms with van der Waals surface area (Å²) in [4.78, 5) is 24.6. The molecule has 0 aromatic rings. The summed E-state index contributed by atoms with van der Waals surface area (Å²) >= 11 is 0. The molecule has 1 fully saturated rings. The second kappa shape index (κ2) is 6.32. The summed E-state index contributed by atoms with van der Waals surface area (Å²) in [7, 11) is 2.89. The van der Waals surface area contributed by atoms with Crippen LogP contribution >= 0.6 is 0 Å². The van der Waals surface area contributed by atoms with Gasteiger partial charge in [0.25, 0.3) is 0 Å². The Morgan fingerprint density at radius 2 is 2.19 bits per heavy atom. The number of amides is 2. The minimum Gasteiger partial charge on any atom is -0.453 e. The zero-order valence-electron chi connectivity index (χ0n) is 9.69. The van der Waals surface area contributed by atoms with Gasteiger partial charge in [-0.1, -0.05) is 0 Å². The highest BCUT2D eigenvalue weighted by molar-refractivity contribution is 5.86. The van der Waals surface area contributed by atoms with E-state index in [0.717, 1.165) is 6.42 Å². The van der Waals surface area contributed by atoms with Crippen LogP contribution in [0.4, 0.5) is 4.79 Å². The van der Waals surface area contributed by atoms with Crippen LogP contribution < -0.4 is 5.32 Å². The van der Waals surface area contributed by atoms with E-state index in [4.69, 9.17) is 4.74 Å². The van der Waals surface area contributed by atoms with Gasteiger partial charge in [0.1, 0.15) is 6.04 Å². The average molecular weight is 230 g/mol. The summed E-state index contributed by atoms with van der Waals surface area (Å²) in [6, 6.07) is -0.399. The van der Waals surface area contributed by atoms with Gasteiger partial charge in [-0.05, 0) is 12.8 Å². The third-order valence-electron chi connectivity index (χ3n) is 2.57. The van der Waals surface area contributed by atoms with Gasteiger partial charge >= 0.3 is 6.09 Å². The lowest BCUT2D eigenvalue weighted by Gasteiger charge is -2.22. The molecule has 1 aliphatic rings. The first-order valence-electron chi connectivity index (χ1n) is 5.32. The number of nitrogens with one attached hydrogen (secondary N) is 1. The lowest BCUT2D eigenvalue weighted by molar-refractivity contribution is -0.125. The van der Waals surface area contributed by atoms with Crippen molar-refractivity contribution >= 4 is 12.0 Å². The highest BCUT2D eigenvalue weighted by atomic mass is 16.5. The summed E-state index contributed by atoms with van der Waals surface area (Å²) in [5.41, 5.74) is 0. The molecule has 0 aliphatic carbocycles. The number of nitrogens with zero attached hydrogens (tertiary/aromatic N) is 1. The van der Waals surface area contributed by atoms with Crippen molar-refractivity contribution in [1.29, 1.82) is 0 Å². The molecule has 1 N–H and O–H groups in total. The van der Waals surface area contributed by atoms with Gasteiger partial charge < -0.3 is 14.8 Å². The fourth-order valence-electron chi connectivity index (χ4n) is 1.77. The van der Waals surface area contributed by atoms with Crippen molar-refractivity contribution in [1.82, 2.24) is 10.2 Å². The van der Waals surface area contributed by atoms with Crippen LogP contribution in [0.2, 0.25) is 0 Å². The van der Waals surface area contributed by atoms with Gasteiger partial charge in [0.2, 0.25) is 5.91 Å². The molecule has 0 aromatic carbocycles. The van der Waals surface area contributed by atoms with E-state index in [0.29, 0.717) is 26.1 Å². The molecule has 1 rings (SSSR count). The van der Waals surface area contributed by atoms with Gasteiger partial charge in [0, 0.05) is 20.2 Å². The monoisotopic (exact) mass is 230 g/mol. The number of hydrogen-bond acceptors (Lipinski definition) is 4. The summed E-state index contributed by atoms with van der Waals surface area (Å²) in [5, 5.41) is 2.72. The standard InChI is InChI=1S/C10H18N2O4/c1-15-7-5-11-9(13)8-4-3-6-12(8)10(14)16-2/h8H,3-7H2,1-2H3,(H,11,13). The molecule has 92 valence electrons. The highest BCUT2D eigenvalue weighted by Gasteiger charge is 2.34. The number of ether oxygens (including phenoxy) is 2. The molecular formula is C10H18N2O4. The van der Waals surface area contributed by atoms with Crippen LogP contribution in [0.1, 0.15) is 12.8 Å². The molecule has 0 bridgehead atoms. The highest BCUT2D eigenvalue weighted by Crippen LogP contribution is 2.17. The number of likely N-dealkylation sites (tertiary alicyclic amines) is 1. The van der Waals surface area contributed by atoms with Crippen LogP contribution in [0, 0.1) is 0 Å². The van der Waals surface area contributed by atoms with Crippen molar-refractivity contribution in [3.8, 4) is 0 Å². The minimum atomic E-state index is -0.440. The lowest BCUT2D eigenvalue weighted by Crippen LogP contribution is -2.46. The third-order valence-corrected chi connectivity index (χ3v) is 2.57. The first-order chi connectivity index (χ1) is 7.70. The number of carbonyl (C=O) groups excluding carboxylic acids is 2. The number of rotatable bonds is 4. The normalized spacial score (nSPS) is 19.6. The van der Waals surface area contributed by atoms with Crippen molar-refractivity contribution in [2.24, 2.45) is 0 Å².